The summed E-state index contributed by atoms with van der Waals surface area (Å²) in [6.45, 7) is 1.35. The fraction of sp³-hybridized carbons (Fsp3) is 0.333. The molecule has 0 amide bonds. The normalized spacial score (nSPS) is 9.94. The monoisotopic (exact) mass is 224 g/mol. The van der Waals surface area contributed by atoms with Gasteiger partial charge >= 0.3 is 0 Å². The third-order valence-electron chi connectivity index (χ3n) is 2.06. The molecule has 0 aromatic heterocycles. The van der Waals surface area contributed by atoms with Crippen molar-refractivity contribution in [3.05, 3.63) is 29.6 Å². The van der Waals surface area contributed by atoms with Crippen LogP contribution in [0.3, 0.4) is 0 Å². The minimum Gasteiger partial charge on any atom is -0.494 e. The molecule has 1 aromatic carbocycles. The van der Waals surface area contributed by atoms with E-state index in [9.17, 15) is 14.0 Å². The highest BCUT2D eigenvalue weighted by atomic mass is 19.1. The first-order chi connectivity index (χ1) is 7.52. The van der Waals surface area contributed by atoms with Crippen molar-refractivity contribution in [2.45, 2.75) is 19.8 Å². The maximum Gasteiger partial charge on any atom is 0.165 e. The number of hydrogen-bond acceptors (Lipinski definition) is 3. The number of benzene rings is 1. The van der Waals surface area contributed by atoms with Crippen LogP contribution in [0.2, 0.25) is 0 Å². The molecule has 0 bridgehead atoms. The zero-order valence-electron chi connectivity index (χ0n) is 9.25. The molecular formula is C12H13FO3. The Morgan fingerprint density at radius 2 is 2.06 bits per heavy atom. The van der Waals surface area contributed by atoms with Crippen LogP contribution in [0, 0.1) is 5.82 Å². The van der Waals surface area contributed by atoms with Gasteiger partial charge in [-0.15, -0.1) is 0 Å². The molecular weight excluding hydrogens is 211 g/mol. The molecule has 0 radical (unpaired) electrons. The Kier molecular flexibility index (Phi) is 4.17. The number of carbonyl (C=O) groups is 2. The van der Waals surface area contributed by atoms with Gasteiger partial charge in [0.05, 0.1) is 13.5 Å². The molecule has 0 N–H and O–H groups in total. The fourth-order valence-corrected chi connectivity index (χ4v) is 1.39. The first-order valence-electron chi connectivity index (χ1n) is 4.86. The number of hydrogen-bond donors (Lipinski definition) is 0. The second-order valence-electron chi connectivity index (χ2n) is 3.56. The number of ether oxygens (including phenoxy) is 1. The molecule has 0 aliphatic rings. The van der Waals surface area contributed by atoms with Crippen LogP contribution in [0.5, 0.6) is 5.75 Å². The molecule has 0 aliphatic heterocycles. The lowest BCUT2D eigenvalue weighted by Gasteiger charge is -2.04. The minimum atomic E-state index is -0.504. The highest BCUT2D eigenvalue weighted by molar-refractivity contribution is 5.98. The second-order valence-corrected chi connectivity index (χ2v) is 3.56. The highest BCUT2D eigenvalue weighted by Gasteiger charge is 2.09. The van der Waals surface area contributed by atoms with Crippen LogP contribution in [0.4, 0.5) is 4.39 Å². The van der Waals surface area contributed by atoms with Crippen molar-refractivity contribution in [1.29, 1.82) is 0 Å². The van der Waals surface area contributed by atoms with Crippen LogP contribution in [-0.4, -0.2) is 18.7 Å². The van der Waals surface area contributed by atoms with Crippen molar-refractivity contribution in [3.63, 3.8) is 0 Å². The maximum atomic E-state index is 13.3. The third-order valence-corrected chi connectivity index (χ3v) is 2.06. The lowest BCUT2D eigenvalue weighted by Crippen LogP contribution is -2.07. The summed E-state index contributed by atoms with van der Waals surface area (Å²) in [6, 6.07) is 4.32. The van der Waals surface area contributed by atoms with E-state index in [2.05, 4.69) is 0 Å². The highest BCUT2D eigenvalue weighted by Crippen LogP contribution is 2.18. The first-order valence-corrected chi connectivity index (χ1v) is 4.86. The van der Waals surface area contributed by atoms with Crippen LogP contribution in [0.1, 0.15) is 18.9 Å². The van der Waals surface area contributed by atoms with Crippen molar-refractivity contribution in [3.8, 4) is 5.75 Å². The number of Topliss-reactive ketones (excluding diaryl/α,β-unsaturated/α-hetero) is 2. The first kappa shape index (κ1) is 12.4. The molecule has 0 aliphatic carbocycles. The molecule has 0 unspecified atom stereocenters. The molecule has 0 atom stereocenters. The summed E-state index contributed by atoms with van der Waals surface area (Å²) in [5.74, 6) is -0.755. The fourth-order valence-electron chi connectivity index (χ4n) is 1.39. The number of halogens is 1. The summed E-state index contributed by atoms with van der Waals surface area (Å²) >= 11 is 0. The molecule has 16 heavy (non-hydrogen) atoms. The Morgan fingerprint density at radius 3 is 2.56 bits per heavy atom. The van der Waals surface area contributed by atoms with Crippen LogP contribution in [0.25, 0.3) is 0 Å². The summed E-state index contributed by atoms with van der Waals surface area (Å²) in [6.07, 6.45) is -0.0336. The molecule has 4 heteroatoms. The molecule has 0 fully saturated rings. The molecule has 0 saturated carbocycles. The van der Waals surface area contributed by atoms with E-state index in [1.165, 1.54) is 26.2 Å². The molecule has 0 spiro atoms. The summed E-state index contributed by atoms with van der Waals surface area (Å²) in [4.78, 5) is 22.0. The van der Waals surface area contributed by atoms with E-state index >= 15 is 0 Å². The van der Waals surface area contributed by atoms with Crippen LogP contribution < -0.4 is 4.74 Å². The van der Waals surface area contributed by atoms with Gasteiger partial charge in [-0.2, -0.15) is 0 Å². The lowest BCUT2D eigenvalue weighted by molar-refractivity contribution is -0.125. The molecule has 0 heterocycles. The maximum absolute atomic E-state index is 13.3. The van der Waals surface area contributed by atoms with Crippen molar-refractivity contribution in [2.24, 2.45) is 0 Å². The Labute approximate surface area is 93.2 Å². The number of methoxy groups -OCH3 is 1. The van der Waals surface area contributed by atoms with Crippen molar-refractivity contribution in [1.82, 2.24) is 0 Å². The SMILES string of the molecule is COc1ccc(CC(=O)CC(C)=O)cc1F. The predicted octanol–water partition coefficient (Wildman–Crippen LogP) is 1.93. The van der Waals surface area contributed by atoms with Gasteiger partial charge in [0.25, 0.3) is 0 Å². The van der Waals surface area contributed by atoms with E-state index in [1.54, 1.807) is 6.07 Å². The van der Waals surface area contributed by atoms with Crippen molar-refractivity contribution < 1.29 is 18.7 Å². The van der Waals surface area contributed by atoms with Gasteiger partial charge < -0.3 is 4.74 Å². The van der Waals surface area contributed by atoms with E-state index in [-0.39, 0.29) is 30.2 Å². The topological polar surface area (TPSA) is 43.4 Å². The largest absolute Gasteiger partial charge is 0.494 e. The Bertz CT molecular complexity index is 413. The second kappa shape index (κ2) is 5.39. The van der Waals surface area contributed by atoms with E-state index < -0.39 is 5.82 Å². The van der Waals surface area contributed by atoms with Crippen molar-refractivity contribution in [2.75, 3.05) is 7.11 Å². The van der Waals surface area contributed by atoms with Gasteiger partial charge in [0, 0.05) is 6.42 Å². The zero-order chi connectivity index (χ0) is 12.1. The van der Waals surface area contributed by atoms with E-state index in [1.807, 2.05) is 0 Å². The standard InChI is InChI=1S/C12H13FO3/c1-8(14)5-10(15)6-9-3-4-12(16-2)11(13)7-9/h3-4,7H,5-6H2,1-2H3. The average molecular weight is 224 g/mol. The summed E-state index contributed by atoms with van der Waals surface area (Å²) in [5, 5.41) is 0. The van der Waals surface area contributed by atoms with E-state index in [0.29, 0.717) is 5.56 Å². The van der Waals surface area contributed by atoms with Crippen LogP contribution in [-0.2, 0) is 16.0 Å². The zero-order valence-corrected chi connectivity index (χ0v) is 9.25. The number of ketones is 2. The third kappa shape index (κ3) is 3.46. The summed E-state index contributed by atoms with van der Waals surface area (Å²) in [5.41, 5.74) is 0.546. The van der Waals surface area contributed by atoms with Gasteiger partial charge in [-0.3, -0.25) is 9.59 Å². The average Bonchev–Trinajstić information content (AvgIpc) is 2.16. The van der Waals surface area contributed by atoms with Gasteiger partial charge in [0.2, 0.25) is 0 Å². The smallest absolute Gasteiger partial charge is 0.165 e. The van der Waals surface area contributed by atoms with Gasteiger partial charge in [-0.05, 0) is 24.6 Å². The summed E-state index contributed by atoms with van der Waals surface area (Å²) in [7, 11) is 1.37. The van der Waals surface area contributed by atoms with Gasteiger partial charge in [0.1, 0.15) is 11.6 Å². The predicted molar refractivity (Wildman–Crippen MR) is 57.0 cm³/mol. The number of rotatable bonds is 5. The number of carbonyl (C=O) groups excluding carboxylic acids is 2. The van der Waals surface area contributed by atoms with Gasteiger partial charge in [0.15, 0.2) is 11.6 Å². The molecule has 1 aromatic rings. The van der Waals surface area contributed by atoms with Crippen LogP contribution in [0.15, 0.2) is 18.2 Å². The molecule has 1 rings (SSSR count). The minimum absolute atomic E-state index is 0.0699. The van der Waals surface area contributed by atoms with E-state index in [0.717, 1.165) is 0 Å². The van der Waals surface area contributed by atoms with E-state index in [4.69, 9.17) is 4.74 Å². The van der Waals surface area contributed by atoms with Gasteiger partial charge in [-0.1, -0.05) is 6.07 Å². The quantitative estimate of drug-likeness (QED) is 0.718. The molecule has 86 valence electrons. The lowest BCUT2D eigenvalue weighted by atomic mass is 10.1. The Hall–Kier alpha value is -1.71. The van der Waals surface area contributed by atoms with Gasteiger partial charge in [-0.25, -0.2) is 4.39 Å². The Balaban J connectivity index is 2.71. The molecule has 0 saturated heterocycles. The van der Waals surface area contributed by atoms with Crippen LogP contribution >= 0.6 is 0 Å². The van der Waals surface area contributed by atoms with Crippen molar-refractivity contribution >= 4 is 11.6 Å². The summed E-state index contributed by atoms with van der Waals surface area (Å²) < 4.78 is 18.0. The molecule has 3 nitrogen and oxygen atoms in total. The Morgan fingerprint density at radius 1 is 1.38 bits per heavy atom.